The summed E-state index contributed by atoms with van der Waals surface area (Å²) in [6, 6.07) is 11.2. The lowest BCUT2D eigenvalue weighted by Crippen LogP contribution is -2.22. The molecule has 0 saturated heterocycles. The highest BCUT2D eigenvalue weighted by atomic mass is 32.2. The van der Waals surface area contributed by atoms with Gasteiger partial charge in [-0.1, -0.05) is 49.4 Å². The molecule has 0 spiro atoms. The molecule has 1 aromatic heterocycles. The Bertz CT molecular complexity index is 579. The van der Waals surface area contributed by atoms with Gasteiger partial charge in [0.15, 0.2) is 0 Å². The Kier molecular flexibility index (Phi) is 5.21. The number of aromatic nitrogens is 1. The summed E-state index contributed by atoms with van der Waals surface area (Å²) in [7, 11) is 0. The first kappa shape index (κ1) is 15.1. The van der Waals surface area contributed by atoms with Gasteiger partial charge < -0.3 is 5.32 Å². The molecule has 106 valence electrons. The van der Waals surface area contributed by atoms with Crippen LogP contribution in [0.1, 0.15) is 30.5 Å². The molecular weight excluding hydrogens is 264 g/mol. The minimum atomic E-state index is 0.481. The van der Waals surface area contributed by atoms with E-state index in [1.807, 2.05) is 12.3 Å². The first-order valence-electron chi connectivity index (χ1n) is 6.98. The third-order valence-corrected chi connectivity index (χ3v) is 4.33. The molecule has 0 aliphatic carbocycles. The van der Waals surface area contributed by atoms with E-state index in [1.54, 1.807) is 11.8 Å². The van der Waals surface area contributed by atoms with Crippen molar-refractivity contribution in [1.82, 2.24) is 10.3 Å². The lowest BCUT2D eigenvalue weighted by Gasteiger charge is -2.12. The number of aryl methyl sites for hydroxylation is 2. The number of benzene rings is 1. The fourth-order valence-corrected chi connectivity index (χ4v) is 2.93. The van der Waals surface area contributed by atoms with Crippen LogP contribution >= 0.6 is 11.8 Å². The Morgan fingerprint density at radius 3 is 2.70 bits per heavy atom. The number of rotatable bonds is 5. The van der Waals surface area contributed by atoms with Crippen molar-refractivity contribution in [2.75, 3.05) is 0 Å². The first-order chi connectivity index (χ1) is 9.56. The molecule has 0 aliphatic rings. The fourth-order valence-electron chi connectivity index (χ4n) is 1.98. The number of hydrogen-bond donors (Lipinski definition) is 1. The van der Waals surface area contributed by atoms with Crippen LogP contribution < -0.4 is 5.32 Å². The Morgan fingerprint density at radius 1 is 1.20 bits per heavy atom. The molecular formula is C17H22N2S. The summed E-state index contributed by atoms with van der Waals surface area (Å²) in [5.74, 6) is 0. The molecule has 2 aromatic rings. The van der Waals surface area contributed by atoms with Crippen molar-refractivity contribution in [1.29, 1.82) is 0 Å². The zero-order valence-electron chi connectivity index (χ0n) is 12.6. The van der Waals surface area contributed by atoms with E-state index in [9.17, 15) is 0 Å². The minimum absolute atomic E-state index is 0.481. The second-order valence-electron chi connectivity index (χ2n) is 5.37. The standard InChI is InChI=1S/C17H22N2S/c1-12(2)19-11-15-6-5-9-18-17(15)20-16-8-7-13(3)10-14(16)4/h5-10,12,19H,11H2,1-4H3. The molecule has 0 bridgehead atoms. The third-order valence-electron chi connectivity index (χ3n) is 3.09. The van der Waals surface area contributed by atoms with E-state index < -0.39 is 0 Å². The van der Waals surface area contributed by atoms with Gasteiger partial charge >= 0.3 is 0 Å². The van der Waals surface area contributed by atoms with E-state index in [0.717, 1.165) is 11.6 Å². The van der Waals surface area contributed by atoms with Gasteiger partial charge in [-0.15, -0.1) is 0 Å². The van der Waals surface area contributed by atoms with Crippen LogP contribution in [0.15, 0.2) is 46.5 Å². The van der Waals surface area contributed by atoms with Gasteiger partial charge in [0.1, 0.15) is 5.03 Å². The molecule has 0 atom stereocenters. The molecule has 0 radical (unpaired) electrons. The van der Waals surface area contributed by atoms with Crippen molar-refractivity contribution in [3.63, 3.8) is 0 Å². The van der Waals surface area contributed by atoms with E-state index in [2.05, 4.69) is 62.3 Å². The smallest absolute Gasteiger partial charge is 0.105 e. The van der Waals surface area contributed by atoms with Crippen LogP contribution in [0.2, 0.25) is 0 Å². The summed E-state index contributed by atoms with van der Waals surface area (Å²) < 4.78 is 0. The van der Waals surface area contributed by atoms with Crippen molar-refractivity contribution in [2.24, 2.45) is 0 Å². The van der Waals surface area contributed by atoms with Gasteiger partial charge in [0, 0.05) is 23.7 Å². The SMILES string of the molecule is Cc1ccc(Sc2ncccc2CNC(C)C)c(C)c1. The van der Waals surface area contributed by atoms with E-state index in [-0.39, 0.29) is 0 Å². The molecule has 0 aliphatic heterocycles. The fraction of sp³-hybridized carbons (Fsp3) is 0.353. The van der Waals surface area contributed by atoms with Crippen molar-refractivity contribution in [3.05, 3.63) is 53.2 Å². The van der Waals surface area contributed by atoms with E-state index in [0.29, 0.717) is 6.04 Å². The monoisotopic (exact) mass is 286 g/mol. The lowest BCUT2D eigenvalue weighted by molar-refractivity contribution is 0.582. The van der Waals surface area contributed by atoms with Gasteiger partial charge in [-0.2, -0.15) is 0 Å². The zero-order valence-corrected chi connectivity index (χ0v) is 13.4. The maximum Gasteiger partial charge on any atom is 0.105 e. The predicted molar refractivity (Wildman–Crippen MR) is 86.3 cm³/mol. The van der Waals surface area contributed by atoms with Gasteiger partial charge in [0.2, 0.25) is 0 Å². The highest BCUT2D eigenvalue weighted by Gasteiger charge is 2.08. The Hall–Kier alpha value is -1.32. The maximum atomic E-state index is 4.54. The number of nitrogens with one attached hydrogen (secondary N) is 1. The second kappa shape index (κ2) is 6.91. The Morgan fingerprint density at radius 2 is 2.00 bits per heavy atom. The highest BCUT2D eigenvalue weighted by Crippen LogP contribution is 2.31. The summed E-state index contributed by atoms with van der Waals surface area (Å²) in [6.45, 7) is 9.46. The molecule has 2 nitrogen and oxygen atoms in total. The van der Waals surface area contributed by atoms with Crippen molar-refractivity contribution in [3.8, 4) is 0 Å². The van der Waals surface area contributed by atoms with E-state index in [4.69, 9.17) is 0 Å². The Labute approximate surface area is 126 Å². The van der Waals surface area contributed by atoms with Crippen molar-refractivity contribution >= 4 is 11.8 Å². The van der Waals surface area contributed by atoms with Gasteiger partial charge in [-0.05, 0) is 37.1 Å². The summed E-state index contributed by atoms with van der Waals surface area (Å²) in [5, 5.41) is 4.55. The van der Waals surface area contributed by atoms with Gasteiger partial charge in [0.05, 0.1) is 0 Å². The van der Waals surface area contributed by atoms with Gasteiger partial charge in [0.25, 0.3) is 0 Å². The molecule has 0 unspecified atom stereocenters. The van der Waals surface area contributed by atoms with Crippen LogP contribution in [0.25, 0.3) is 0 Å². The topological polar surface area (TPSA) is 24.9 Å². The normalized spacial score (nSPS) is 11.1. The summed E-state index contributed by atoms with van der Waals surface area (Å²) >= 11 is 1.75. The van der Waals surface area contributed by atoms with Crippen LogP contribution in [-0.2, 0) is 6.54 Å². The highest BCUT2D eigenvalue weighted by molar-refractivity contribution is 7.99. The average molecular weight is 286 g/mol. The number of nitrogens with zero attached hydrogens (tertiary/aromatic N) is 1. The van der Waals surface area contributed by atoms with Crippen LogP contribution in [0.3, 0.4) is 0 Å². The zero-order chi connectivity index (χ0) is 14.5. The summed E-state index contributed by atoms with van der Waals surface area (Å²) in [4.78, 5) is 5.82. The minimum Gasteiger partial charge on any atom is -0.310 e. The second-order valence-corrected chi connectivity index (χ2v) is 6.40. The Balaban J connectivity index is 2.20. The largest absolute Gasteiger partial charge is 0.310 e. The predicted octanol–water partition coefficient (Wildman–Crippen LogP) is 4.35. The molecule has 1 heterocycles. The number of pyridine rings is 1. The van der Waals surface area contributed by atoms with Crippen LogP contribution in [0.5, 0.6) is 0 Å². The summed E-state index contributed by atoms with van der Waals surface area (Å²) in [5.41, 5.74) is 3.86. The average Bonchev–Trinajstić information content (AvgIpc) is 2.41. The van der Waals surface area contributed by atoms with E-state index in [1.165, 1.54) is 21.6 Å². The van der Waals surface area contributed by atoms with Gasteiger partial charge in [-0.3, -0.25) is 0 Å². The molecule has 1 N–H and O–H groups in total. The number of hydrogen-bond acceptors (Lipinski definition) is 3. The molecule has 1 aromatic carbocycles. The van der Waals surface area contributed by atoms with Crippen molar-refractivity contribution in [2.45, 2.75) is 50.2 Å². The third kappa shape index (κ3) is 4.09. The van der Waals surface area contributed by atoms with Crippen LogP contribution in [-0.4, -0.2) is 11.0 Å². The molecule has 0 saturated carbocycles. The molecule has 0 amide bonds. The quantitative estimate of drug-likeness (QED) is 0.884. The molecule has 0 fully saturated rings. The van der Waals surface area contributed by atoms with Crippen LogP contribution in [0.4, 0.5) is 0 Å². The van der Waals surface area contributed by atoms with Gasteiger partial charge in [-0.25, -0.2) is 4.98 Å². The lowest BCUT2D eigenvalue weighted by atomic mass is 10.2. The van der Waals surface area contributed by atoms with Crippen molar-refractivity contribution < 1.29 is 0 Å². The molecule has 20 heavy (non-hydrogen) atoms. The van der Waals surface area contributed by atoms with E-state index >= 15 is 0 Å². The first-order valence-corrected chi connectivity index (χ1v) is 7.80. The molecule has 2 rings (SSSR count). The maximum absolute atomic E-state index is 4.54. The molecule has 3 heteroatoms. The van der Waals surface area contributed by atoms with Crippen LogP contribution in [0, 0.1) is 13.8 Å². The summed E-state index contributed by atoms with van der Waals surface area (Å²) in [6.07, 6.45) is 1.87.